The molecule has 26 heavy (non-hydrogen) atoms. The highest BCUT2D eigenvalue weighted by atomic mass is 19.1. The molecule has 4 rings (SSSR count). The van der Waals surface area contributed by atoms with Crippen molar-refractivity contribution >= 4 is 11.8 Å². The molecule has 2 aliphatic heterocycles. The minimum atomic E-state index is -0.470. The number of carbonyl (C=O) groups is 1. The van der Waals surface area contributed by atoms with Crippen molar-refractivity contribution in [3.8, 4) is 11.1 Å². The van der Waals surface area contributed by atoms with Gasteiger partial charge in [-0.05, 0) is 43.7 Å². The molecule has 2 heterocycles. The van der Waals surface area contributed by atoms with Crippen molar-refractivity contribution in [1.82, 2.24) is 4.90 Å². The highest BCUT2D eigenvalue weighted by Crippen LogP contribution is 2.36. The molecule has 2 saturated heterocycles. The standard InChI is InChI=1S/C21H23FN2O2/c1-24-16-8-9-17(24)13-18(12-16)26-21(25)23-20-10-7-15(22)11-19(20)14-5-3-2-4-6-14/h2-7,10-11,16-18H,8-9,12-13H2,1H3,(H,23,25). The van der Waals surface area contributed by atoms with E-state index in [0.29, 0.717) is 23.3 Å². The number of nitrogens with one attached hydrogen (secondary N) is 1. The van der Waals surface area contributed by atoms with E-state index in [2.05, 4.69) is 17.3 Å². The maximum absolute atomic E-state index is 13.7. The molecule has 0 saturated carbocycles. The van der Waals surface area contributed by atoms with Gasteiger partial charge in [0.25, 0.3) is 0 Å². The number of rotatable bonds is 3. The summed E-state index contributed by atoms with van der Waals surface area (Å²) >= 11 is 0. The predicted molar refractivity (Wildman–Crippen MR) is 99.5 cm³/mol. The fourth-order valence-electron chi connectivity index (χ4n) is 4.23. The molecule has 1 amide bonds. The van der Waals surface area contributed by atoms with Gasteiger partial charge in [-0.15, -0.1) is 0 Å². The van der Waals surface area contributed by atoms with E-state index in [1.165, 1.54) is 25.0 Å². The zero-order chi connectivity index (χ0) is 18.1. The van der Waals surface area contributed by atoms with Gasteiger partial charge in [0.2, 0.25) is 0 Å². The first-order valence-electron chi connectivity index (χ1n) is 9.14. The molecular weight excluding hydrogens is 331 g/mol. The maximum Gasteiger partial charge on any atom is 0.411 e. The average Bonchev–Trinajstić information content (AvgIpc) is 2.85. The Labute approximate surface area is 153 Å². The predicted octanol–water partition coefficient (Wildman–Crippen LogP) is 4.67. The fourth-order valence-corrected chi connectivity index (χ4v) is 4.23. The van der Waals surface area contributed by atoms with Crippen molar-refractivity contribution in [2.45, 2.75) is 43.9 Å². The molecule has 0 aliphatic carbocycles. The van der Waals surface area contributed by atoms with Gasteiger partial charge in [-0.25, -0.2) is 9.18 Å². The van der Waals surface area contributed by atoms with Crippen LogP contribution >= 0.6 is 0 Å². The SMILES string of the molecule is CN1C2CCC1CC(OC(=O)Nc1ccc(F)cc1-c1ccccc1)C2. The van der Waals surface area contributed by atoms with E-state index in [-0.39, 0.29) is 11.9 Å². The summed E-state index contributed by atoms with van der Waals surface area (Å²) < 4.78 is 19.4. The summed E-state index contributed by atoms with van der Waals surface area (Å²) in [6.45, 7) is 0. The molecule has 2 atom stereocenters. The molecule has 136 valence electrons. The van der Waals surface area contributed by atoms with E-state index < -0.39 is 6.09 Å². The van der Waals surface area contributed by atoms with Gasteiger partial charge >= 0.3 is 6.09 Å². The Kier molecular flexibility index (Phi) is 4.64. The van der Waals surface area contributed by atoms with Crippen molar-refractivity contribution in [2.24, 2.45) is 0 Å². The van der Waals surface area contributed by atoms with E-state index in [4.69, 9.17) is 4.74 Å². The third-order valence-electron chi connectivity index (χ3n) is 5.63. The first kappa shape index (κ1) is 17.0. The monoisotopic (exact) mass is 354 g/mol. The average molecular weight is 354 g/mol. The summed E-state index contributed by atoms with van der Waals surface area (Å²) in [5, 5.41) is 2.80. The van der Waals surface area contributed by atoms with Crippen molar-refractivity contribution in [1.29, 1.82) is 0 Å². The number of ether oxygens (including phenoxy) is 1. The van der Waals surface area contributed by atoms with Gasteiger partial charge in [0.1, 0.15) is 11.9 Å². The Morgan fingerprint density at radius 3 is 2.50 bits per heavy atom. The van der Waals surface area contributed by atoms with Crippen LogP contribution in [0.1, 0.15) is 25.7 Å². The van der Waals surface area contributed by atoms with Crippen molar-refractivity contribution in [3.05, 3.63) is 54.3 Å². The van der Waals surface area contributed by atoms with Crippen LogP contribution < -0.4 is 5.32 Å². The third kappa shape index (κ3) is 3.44. The quantitative estimate of drug-likeness (QED) is 0.871. The molecule has 0 aromatic heterocycles. The molecular formula is C21H23FN2O2. The molecule has 2 fully saturated rings. The first-order valence-corrected chi connectivity index (χ1v) is 9.14. The topological polar surface area (TPSA) is 41.6 Å². The molecule has 1 N–H and O–H groups in total. The number of piperidine rings is 1. The van der Waals surface area contributed by atoms with E-state index in [0.717, 1.165) is 18.4 Å². The molecule has 2 aliphatic rings. The van der Waals surface area contributed by atoms with Crippen LogP contribution in [-0.2, 0) is 4.74 Å². The van der Waals surface area contributed by atoms with Crippen LogP contribution in [-0.4, -0.2) is 36.2 Å². The Morgan fingerprint density at radius 2 is 1.81 bits per heavy atom. The number of fused-ring (bicyclic) bond motifs is 2. The number of anilines is 1. The second kappa shape index (κ2) is 7.08. The van der Waals surface area contributed by atoms with Crippen LogP contribution in [0.15, 0.2) is 48.5 Å². The summed E-state index contributed by atoms with van der Waals surface area (Å²) in [4.78, 5) is 14.8. The lowest BCUT2D eigenvalue weighted by Crippen LogP contribution is -2.43. The summed E-state index contributed by atoms with van der Waals surface area (Å²) in [6, 6.07) is 14.8. The van der Waals surface area contributed by atoms with E-state index in [9.17, 15) is 9.18 Å². The first-order chi connectivity index (χ1) is 12.6. The molecule has 2 aromatic carbocycles. The Hall–Kier alpha value is -2.40. The molecule has 2 bridgehead atoms. The highest BCUT2D eigenvalue weighted by Gasteiger charge is 2.39. The lowest BCUT2D eigenvalue weighted by atomic mass is 10.0. The second-order valence-electron chi connectivity index (χ2n) is 7.23. The molecule has 2 unspecified atom stereocenters. The molecule has 4 nitrogen and oxygen atoms in total. The lowest BCUT2D eigenvalue weighted by molar-refractivity contribution is 0.0348. The largest absolute Gasteiger partial charge is 0.446 e. The van der Waals surface area contributed by atoms with Crippen LogP contribution in [0.4, 0.5) is 14.9 Å². The van der Waals surface area contributed by atoms with Crippen LogP contribution in [0.5, 0.6) is 0 Å². The number of halogens is 1. The molecule has 2 aromatic rings. The van der Waals surface area contributed by atoms with Crippen molar-refractivity contribution in [2.75, 3.05) is 12.4 Å². The van der Waals surface area contributed by atoms with Gasteiger partial charge in [-0.1, -0.05) is 30.3 Å². The van der Waals surface area contributed by atoms with Gasteiger partial charge in [0, 0.05) is 30.5 Å². The van der Waals surface area contributed by atoms with Gasteiger partial charge in [0.15, 0.2) is 0 Å². The van der Waals surface area contributed by atoms with Gasteiger partial charge in [0.05, 0.1) is 5.69 Å². The Morgan fingerprint density at radius 1 is 1.12 bits per heavy atom. The zero-order valence-corrected chi connectivity index (χ0v) is 14.8. The summed E-state index contributed by atoms with van der Waals surface area (Å²) in [6.07, 6.45) is 3.61. The van der Waals surface area contributed by atoms with Crippen LogP contribution in [0.25, 0.3) is 11.1 Å². The summed E-state index contributed by atoms with van der Waals surface area (Å²) in [5.74, 6) is -0.338. The minimum absolute atomic E-state index is 0.0516. The van der Waals surface area contributed by atoms with E-state index >= 15 is 0 Å². The second-order valence-corrected chi connectivity index (χ2v) is 7.23. The number of hydrogen-bond donors (Lipinski definition) is 1. The molecule has 0 spiro atoms. The molecule has 5 heteroatoms. The highest BCUT2D eigenvalue weighted by molar-refractivity contribution is 5.91. The van der Waals surface area contributed by atoms with Gasteiger partial charge in [-0.3, -0.25) is 5.32 Å². The van der Waals surface area contributed by atoms with Crippen LogP contribution in [0.2, 0.25) is 0 Å². The van der Waals surface area contributed by atoms with Crippen LogP contribution in [0.3, 0.4) is 0 Å². The van der Waals surface area contributed by atoms with Crippen molar-refractivity contribution in [3.63, 3.8) is 0 Å². The number of carbonyl (C=O) groups excluding carboxylic acids is 1. The van der Waals surface area contributed by atoms with Gasteiger partial charge < -0.3 is 9.64 Å². The summed E-state index contributed by atoms with van der Waals surface area (Å²) in [7, 11) is 2.16. The number of benzene rings is 2. The third-order valence-corrected chi connectivity index (χ3v) is 5.63. The normalized spacial score (nSPS) is 25.1. The fraction of sp³-hybridized carbons (Fsp3) is 0.381. The molecule has 0 radical (unpaired) electrons. The number of amides is 1. The van der Waals surface area contributed by atoms with Crippen molar-refractivity contribution < 1.29 is 13.9 Å². The minimum Gasteiger partial charge on any atom is -0.446 e. The number of nitrogens with zero attached hydrogens (tertiary/aromatic N) is 1. The number of hydrogen-bond acceptors (Lipinski definition) is 3. The van der Waals surface area contributed by atoms with Gasteiger partial charge in [-0.2, -0.15) is 0 Å². The summed E-state index contributed by atoms with van der Waals surface area (Å²) in [5.41, 5.74) is 2.05. The Bertz CT molecular complexity index is 782. The lowest BCUT2D eigenvalue weighted by Gasteiger charge is -2.35. The Balaban J connectivity index is 1.47. The maximum atomic E-state index is 13.7. The smallest absolute Gasteiger partial charge is 0.411 e. The van der Waals surface area contributed by atoms with E-state index in [1.807, 2.05) is 30.3 Å². The zero-order valence-electron chi connectivity index (χ0n) is 14.8. The van der Waals surface area contributed by atoms with E-state index in [1.54, 1.807) is 6.07 Å². The van der Waals surface area contributed by atoms with Crippen LogP contribution in [0, 0.1) is 5.82 Å².